The number of nitrogens with one attached hydrogen (secondary N) is 1. The molecule has 114 valence electrons. The number of nitrogens with zero attached hydrogens (tertiary/aromatic N) is 3. The van der Waals surface area contributed by atoms with Crippen molar-refractivity contribution in [2.45, 2.75) is 31.1 Å². The summed E-state index contributed by atoms with van der Waals surface area (Å²) in [6, 6.07) is 1.99. The zero-order chi connectivity index (χ0) is 14.7. The van der Waals surface area contributed by atoms with E-state index in [9.17, 15) is 4.79 Å². The van der Waals surface area contributed by atoms with Crippen LogP contribution in [0, 0.1) is 0 Å². The van der Waals surface area contributed by atoms with Gasteiger partial charge in [-0.2, -0.15) is 0 Å². The molecule has 2 fully saturated rings. The van der Waals surface area contributed by atoms with Gasteiger partial charge in [0, 0.05) is 39.0 Å². The summed E-state index contributed by atoms with van der Waals surface area (Å²) < 4.78 is 10.8. The van der Waals surface area contributed by atoms with Gasteiger partial charge in [0.05, 0.1) is 18.8 Å². The molecule has 3 rings (SSSR count). The van der Waals surface area contributed by atoms with Crippen LogP contribution < -0.4 is 10.2 Å². The summed E-state index contributed by atoms with van der Waals surface area (Å²) in [5.41, 5.74) is 0. The quantitative estimate of drug-likeness (QED) is 0.768. The Kier molecular flexibility index (Phi) is 4.31. The van der Waals surface area contributed by atoms with Crippen LogP contribution >= 0.6 is 0 Å². The Labute approximate surface area is 123 Å². The van der Waals surface area contributed by atoms with Crippen LogP contribution in [0.25, 0.3) is 0 Å². The number of rotatable bonds is 5. The smallest absolute Gasteiger partial charge is 0.249 e. The molecule has 1 N–H and O–H groups in total. The molecule has 0 spiro atoms. The molecule has 0 bridgehead atoms. The highest BCUT2D eigenvalue weighted by Gasteiger charge is 2.46. The monoisotopic (exact) mass is 292 g/mol. The lowest BCUT2D eigenvalue weighted by atomic mass is 10.1. The predicted molar refractivity (Wildman–Crippen MR) is 75.9 cm³/mol. The number of hydrogen-bond acceptors (Lipinski definition) is 6. The zero-order valence-electron chi connectivity index (χ0n) is 12.1. The van der Waals surface area contributed by atoms with E-state index in [4.69, 9.17) is 9.47 Å². The number of ether oxygens (including phenoxy) is 2. The maximum absolute atomic E-state index is 12.1. The number of aromatic nitrogens is 2. The molecule has 0 saturated carbocycles. The molecule has 1 aromatic rings. The first-order chi connectivity index (χ1) is 10.3. The minimum atomic E-state index is -0.386. The van der Waals surface area contributed by atoms with Crippen molar-refractivity contribution in [1.82, 2.24) is 15.3 Å². The van der Waals surface area contributed by atoms with E-state index in [1.807, 2.05) is 0 Å². The number of amides is 1. The van der Waals surface area contributed by atoms with Crippen molar-refractivity contribution in [2.75, 3.05) is 31.7 Å². The first kappa shape index (κ1) is 14.2. The maximum atomic E-state index is 12.1. The fourth-order valence-corrected chi connectivity index (χ4v) is 3.00. The van der Waals surface area contributed by atoms with Crippen LogP contribution in [-0.2, 0) is 14.3 Å². The topological polar surface area (TPSA) is 76.6 Å². The average molecular weight is 292 g/mol. The molecule has 0 radical (unpaired) electrons. The van der Waals surface area contributed by atoms with Crippen LogP contribution in [0.5, 0.6) is 0 Å². The fourth-order valence-electron chi connectivity index (χ4n) is 3.00. The Morgan fingerprint density at radius 1 is 1.52 bits per heavy atom. The van der Waals surface area contributed by atoms with E-state index in [1.54, 1.807) is 25.6 Å². The van der Waals surface area contributed by atoms with Crippen molar-refractivity contribution in [3.63, 3.8) is 0 Å². The third-order valence-corrected chi connectivity index (χ3v) is 3.99. The Morgan fingerprint density at radius 2 is 2.33 bits per heavy atom. The molecule has 0 aromatic carbocycles. The lowest BCUT2D eigenvalue weighted by Gasteiger charge is -2.22. The van der Waals surface area contributed by atoms with Gasteiger partial charge in [-0.3, -0.25) is 4.79 Å². The summed E-state index contributed by atoms with van der Waals surface area (Å²) >= 11 is 0. The van der Waals surface area contributed by atoms with Crippen LogP contribution in [0.3, 0.4) is 0 Å². The first-order valence-electron chi connectivity index (χ1n) is 7.25. The van der Waals surface area contributed by atoms with E-state index in [0.29, 0.717) is 25.5 Å². The van der Waals surface area contributed by atoms with Crippen molar-refractivity contribution in [3.8, 4) is 0 Å². The standard InChI is InChI=1S/C14H20N4O3/c1-20-8-6-15-13(19)12-9-10-11(21-12)3-7-18(10)14-16-4-2-5-17-14/h2,4-5,10-12H,3,6-9H2,1H3,(H,15,19)/t10-,11-,12+/m1/s1. The highest BCUT2D eigenvalue weighted by atomic mass is 16.5. The third-order valence-electron chi connectivity index (χ3n) is 3.99. The molecule has 1 aromatic heterocycles. The van der Waals surface area contributed by atoms with Gasteiger partial charge in [-0.25, -0.2) is 9.97 Å². The minimum absolute atomic E-state index is 0.0598. The number of carbonyl (C=O) groups excluding carboxylic acids is 1. The number of anilines is 1. The van der Waals surface area contributed by atoms with E-state index in [2.05, 4.69) is 20.2 Å². The SMILES string of the molecule is COCCNC(=O)[C@@H]1C[C@@H]2[C@@H](CCN2c2ncccn2)O1. The van der Waals surface area contributed by atoms with Crippen molar-refractivity contribution in [1.29, 1.82) is 0 Å². The fraction of sp³-hybridized carbons (Fsp3) is 0.643. The number of hydrogen-bond donors (Lipinski definition) is 1. The van der Waals surface area contributed by atoms with E-state index < -0.39 is 0 Å². The van der Waals surface area contributed by atoms with E-state index in [1.165, 1.54) is 0 Å². The second-order valence-electron chi connectivity index (χ2n) is 5.28. The maximum Gasteiger partial charge on any atom is 0.249 e. The van der Waals surface area contributed by atoms with Crippen LogP contribution in [0.2, 0.25) is 0 Å². The molecule has 7 heteroatoms. The Balaban J connectivity index is 1.60. The number of methoxy groups -OCH3 is 1. The van der Waals surface area contributed by atoms with Crippen molar-refractivity contribution in [2.24, 2.45) is 0 Å². The molecule has 1 amide bonds. The van der Waals surface area contributed by atoms with Gasteiger partial charge in [0.15, 0.2) is 0 Å². The number of fused-ring (bicyclic) bond motifs is 1. The van der Waals surface area contributed by atoms with Gasteiger partial charge >= 0.3 is 0 Å². The van der Waals surface area contributed by atoms with Gasteiger partial charge in [0.2, 0.25) is 11.9 Å². The molecule has 2 aliphatic heterocycles. The van der Waals surface area contributed by atoms with Crippen molar-refractivity contribution >= 4 is 11.9 Å². The van der Waals surface area contributed by atoms with Crippen LogP contribution in [0.1, 0.15) is 12.8 Å². The largest absolute Gasteiger partial charge is 0.383 e. The molecular formula is C14H20N4O3. The molecule has 0 aliphatic carbocycles. The summed E-state index contributed by atoms with van der Waals surface area (Å²) in [5, 5.41) is 2.83. The Morgan fingerprint density at radius 3 is 3.10 bits per heavy atom. The first-order valence-corrected chi connectivity index (χ1v) is 7.25. The second-order valence-corrected chi connectivity index (χ2v) is 5.28. The molecule has 3 heterocycles. The lowest BCUT2D eigenvalue weighted by Crippen LogP contribution is -2.38. The van der Waals surface area contributed by atoms with E-state index in [-0.39, 0.29) is 24.2 Å². The van der Waals surface area contributed by atoms with Crippen molar-refractivity contribution < 1.29 is 14.3 Å². The lowest BCUT2D eigenvalue weighted by molar-refractivity contribution is -0.132. The molecular weight excluding hydrogens is 272 g/mol. The highest BCUT2D eigenvalue weighted by Crippen LogP contribution is 2.34. The van der Waals surface area contributed by atoms with E-state index >= 15 is 0 Å². The molecule has 2 saturated heterocycles. The zero-order valence-corrected chi connectivity index (χ0v) is 12.1. The molecule has 7 nitrogen and oxygen atoms in total. The summed E-state index contributed by atoms with van der Waals surface area (Å²) in [6.07, 6.45) is 4.77. The van der Waals surface area contributed by atoms with Gasteiger partial charge in [-0.1, -0.05) is 0 Å². The molecule has 0 unspecified atom stereocenters. The molecule has 2 aliphatic rings. The second kappa shape index (κ2) is 6.36. The van der Waals surface area contributed by atoms with Gasteiger partial charge in [-0.05, 0) is 12.5 Å². The van der Waals surface area contributed by atoms with Gasteiger partial charge in [-0.15, -0.1) is 0 Å². The summed E-state index contributed by atoms with van der Waals surface area (Å²) in [7, 11) is 1.61. The van der Waals surface area contributed by atoms with Crippen LogP contribution in [-0.4, -0.2) is 60.9 Å². The van der Waals surface area contributed by atoms with Gasteiger partial charge in [0.25, 0.3) is 0 Å². The summed E-state index contributed by atoms with van der Waals surface area (Å²) in [6.45, 7) is 1.89. The summed E-state index contributed by atoms with van der Waals surface area (Å²) in [4.78, 5) is 22.8. The van der Waals surface area contributed by atoms with E-state index in [0.717, 1.165) is 13.0 Å². The minimum Gasteiger partial charge on any atom is -0.383 e. The Hall–Kier alpha value is -1.73. The van der Waals surface area contributed by atoms with Gasteiger partial charge in [0.1, 0.15) is 6.10 Å². The molecule has 3 atom stereocenters. The third kappa shape index (κ3) is 2.98. The normalized spacial score (nSPS) is 27.7. The van der Waals surface area contributed by atoms with Crippen molar-refractivity contribution in [3.05, 3.63) is 18.5 Å². The number of carbonyl (C=O) groups is 1. The Bertz CT molecular complexity index is 484. The predicted octanol–water partition coefficient (Wildman–Crippen LogP) is -0.0246. The van der Waals surface area contributed by atoms with Crippen LogP contribution in [0.4, 0.5) is 5.95 Å². The van der Waals surface area contributed by atoms with Crippen LogP contribution in [0.15, 0.2) is 18.5 Å². The molecule has 21 heavy (non-hydrogen) atoms. The average Bonchev–Trinajstić information content (AvgIpc) is 3.08. The van der Waals surface area contributed by atoms with Gasteiger partial charge < -0.3 is 19.7 Å². The summed E-state index contributed by atoms with van der Waals surface area (Å²) in [5.74, 6) is 0.657. The highest BCUT2D eigenvalue weighted by molar-refractivity contribution is 5.81.